The van der Waals surface area contributed by atoms with E-state index in [2.05, 4.69) is 25.8 Å². The lowest BCUT2D eigenvalue weighted by Crippen LogP contribution is -1.69. The minimum atomic E-state index is 1.00. The van der Waals surface area contributed by atoms with Crippen molar-refractivity contribution in [3.05, 3.63) is 20.9 Å². The van der Waals surface area contributed by atoms with Gasteiger partial charge in [0.25, 0.3) is 0 Å². The van der Waals surface area contributed by atoms with E-state index in [9.17, 15) is 0 Å². The molecule has 0 aromatic heterocycles. The molecule has 0 radical (unpaired) electrons. The van der Waals surface area contributed by atoms with Crippen LogP contribution < -0.4 is 5.73 Å². The molecule has 0 bridgehead atoms. The van der Waals surface area contributed by atoms with E-state index in [4.69, 9.17) is 16.2 Å². The topological polar surface area (TPSA) is 144 Å². The van der Waals surface area contributed by atoms with Crippen LogP contribution in [0.4, 0.5) is 0 Å². The normalized spacial score (nSPS) is 3.62. The molecule has 0 heterocycles. The van der Waals surface area contributed by atoms with Crippen LogP contribution in [0, 0.1) is 0 Å². The first-order valence-electron chi connectivity index (χ1n) is 4.72. The molecule has 0 rings (SSSR count). The van der Waals surface area contributed by atoms with Crippen LogP contribution in [0.3, 0.4) is 0 Å². The van der Waals surface area contributed by atoms with Gasteiger partial charge in [-0.25, -0.2) is 0 Å². The molecule has 0 saturated heterocycles. The zero-order valence-corrected chi connectivity index (χ0v) is 11.7. The monoisotopic (exact) mass is 237 g/mol. The summed E-state index contributed by atoms with van der Waals surface area (Å²) in [6.45, 7) is 8.00. The van der Waals surface area contributed by atoms with Gasteiger partial charge in [-0.3, -0.25) is 0 Å². The van der Waals surface area contributed by atoms with E-state index >= 15 is 0 Å². The molecule has 0 fully saturated rings. The first-order valence-corrected chi connectivity index (χ1v) is 4.72. The van der Waals surface area contributed by atoms with Crippen LogP contribution in [-0.4, -0.2) is 33.4 Å². The van der Waals surface area contributed by atoms with Crippen LogP contribution in [0.2, 0.25) is 0 Å². The summed E-state index contributed by atoms with van der Waals surface area (Å²) in [5, 5.41) is 12.8. The zero-order chi connectivity index (χ0) is 14.8. The molecule has 0 aromatic rings. The second-order valence-electron chi connectivity index (χ2n) is 0.579. The number of nitrogens with zero attached hydrogens (tertiary/aromatic N) is 6. The van der Waals surface area contributed by atoms with E-state index in [0.29, 0.717) is 0 Å². The summed E-state index contributed by atoms with van der Waals surface area (Å²) in [5.74, 6) is 0. The quantitative estimate of drug-likeness (QED) is 0.379. The van der Waals surface area contributed by atoms with E-state index in [1.54, 1.807) is 0 Å². The summed E-state index contributed by atoms with van der Waals surface area (Å²) in [6.07, 6.45) is 0. The second kappa shape index (κ2) is 330. The summed E-state index contributed by atoms with van der Waals surface area (Å²) in [4.78, 5) is 4.72. The van der Waals surface area contributed by atoms with Crippen molar-refractivity contribution in [3.8, 4) is 0 Å². The Morgan fingerprint density at radius 1 is 0.812 bits per heavy atom. The molecule has 3 N–H and O–H groups in total. The Bertz CT molecular complexity index is 112. The Hall–Kier alpha value is -1.46. The number of aliphatic hydroxyl groups excluding tert-OH is 1. The molecule has 100 valence electrons. The summed E-state index contributed by atoms with van der Waals surface area (Å²) in [6, 6.07) is 0. The van der Waals surface area contributed by atoms with Gasteiger partial charge in [-0.15, -0.1) is 0 Å². The Kier molecular flexibility index (Phi) is 754. The molecular formula is C8H27N7O. The van der Waals surface area contributed by atoms with Crippen molar-refractivity contribution in [1.82, 2.24) is 0 Å². The van der Waals surface area contributed by atoms with Crippen LogP contribution in [0.15, 0.2) is 10.2 Å². The lowest BCUT2D eigenvalue weighted by molar-refractivity contribution is 0.399. The Morgan fingerprint density at radius 3 is 0.875 bits per heavy atom. The summed E-state index contributed by atoms with van der Waals surface area (Å²) < 4.78 is 0. The highest BCUT2D eigenvalue weighted by Crippen LogP contribution is 1.46. The van der Waals surface area contributed by atoms with Gasteiger partial charge in [0.05, 0.1) is 0 Å². The maximum atomic E-state index is 7.33. The minimum Gasteiger partial charge on any atom is -0.400 e. The van der Waals surface area contributed by atoms with Crippen molar-refractivity contribution in [2.24, 2.45) is 16.0 Å². The van der Waals surface area contributed by atoms with Crippen molar-refractivity contribution >= 4 is 0 Å². The fourth-order valence-electron chi connectivity index (χ4n) is 0. The van der Waals surface area contributed by atoms with Crippen molar-refractivity contribution in [2.75, 3.05) is 28.3 Å². The highest BCUT2D eigenvalue weighted by molar-refractivity contribution is 4.30. The van der Waals surface area contributed by atoms with Gasteiger partial charge in [-0.05, 0) is 18.1 Å². The molecule has 0 amide bonds. The first kappa shape index (κ1) is 36.5. The maximum absolute atomic E-state index is 7.33. The Labute approximate surface area is 98.7 Å². The zero-order valence-electron chi connectivity index (χ0n) is 11.7. The highest BCUT2D eigenvalue weighted by atomic mass is 16.2. The average Bonchev–Trinajstić information content (AvgIpc) is 2.47. The molecule has 0 atom stereocenters. The fraction of sp³-hybridized carbons (Fsp3) is 1.00. The minimum absolute atomic E-state index is 1.00. The lowest BCUT2D eigenvalue weighted by atomic mass is 11.0. The second-order valence-corrected chi connectivity index (χ2v) is 0.579. The molecule has 8 nitrogen and oxygen atoms in total. The maximum Gasteiger partial charge on any atom is 0.0319 e. The van der Waals surface area contributed by atoms with Crippen LogP contribution in [0.25, 0.3) is 20.9 Å². The van der Waals surface area contributed by atoms with Gasteiger partial charge in [-0.2, -0.15) is 0 Å². The summed E-state index contributed by atoms with van der Waals surface area (Å²) in [5.41, 5.74) is 19.2. The van der Waals surface area contributed by atoms with Gasteiger partial charge in [0.1, 0.15) is 0 Å². The Balaban J connectivity index is -0.0000000196. The fourth-order valence-corrected chi connectivity index (χ4v) is 0. The molecule has 0 saturated carbocycles. The number of hydrogen-bond donors (Lipinski definition) is 2. The third-order valence-corrected chi connectivity index (χ3v) is 0.179. The number of hydrogen-bond acceptors (Lipinski definition) is 4. The van der Waals surface area contributed by atoms with Crippen molar-refractivity contribution in [3.63, 3.8) is 0 Å². The molecule has 0 aliphatic heterocycles. The molecule has 0 aliphatic rings. The van der Waals surface area contributed by atoms with Crippen LogP contribution in [0.5, 0.6) is 0 Å². The Morgan fingerprint density at radius 2 is 0.875 bits per heavy atom. The summed E-state index contributed by atoms with van der Waals surface area (Å²) in [7, 11) is 5.28. The predicted octanol–water partition coefficient (Wildman–Crippen LogP) is 3.09. The molecule has 8 heteroatoms. The van der Waals surface area contributed by atoms with Gasteiger partial charge in [0, 0.05) is 31.0 Å². The molecular weight excluding hydrogens is 210 g/mol. The SMILES string of the molecule is CC.CC.CN.CN=[N+]=[N-].CN=[N+]=[N-].CO. The molecule has 16 heavy (non-hydrogen) atoms. The number of nitrogens with two attached hydrogens (primary N) is 1. The van der Waals surface area contributed by atoms with E-state index in [1.165, 1.54) is 21.1 Å². The van der Waals surface area contributed by atoms with Gasteiger partial charge >= 0.3 is 0 Å². The van der Waals surface area contributed by atoms with Crippen molar-refractivity contribution in [1.29, 1.82) is 0 Å². The lowest BCUT2D eigenvalue weighted by Gasteiger charge is -1.35. The first-order chi connectivity index (χ1) is 7.83. The van der Waals surface area contributed by atoms with Crippen LogP contribution in [-0.2, 0) is 0 Å². The van der Waals surface area contributed by atoms with Gasteiger partial charge in [0.15, 0.2) is 0 Å². The van der Waals surface area contributed by atoms with Crippen LogP contribution >= 0.6 is 0 Å². The standard InChI is InChI=1S/2C2H6.2CH3N3.CH5N.CH4O/c2*1-2;2*1-3-4-2;2*1-2/h2*1-2H3;2*1H3;2H2,1H3;2H,1H3. The molecule has 0 spiro atoms. The third kappa shape index (κ3) is 5730. The average molecular weight is 237 g/mol. The van der Waals surface area contributed by atoms with Gasteiger partial charge in [0.2, 0.25) is 0 Å². The smallest absolute Gasteiger partial charge is 0.0319 e. The number of aliphatic hydroxyl groups is 1. The van der Waals surface area contributed by atoms with E-state index in [-0.39, 0.29) is 0 Å². The van der Waals surface area contributed by atoms with Crippen molar-refractivity contribution in [2.45, 2.75) is 27.7 Å². The number of azide groups is 2. The van der Waals surface area contributed by atoms with E-state index < -0.39 is 0 Å². The summed E-state index contributed by atoms with van der Waals surface area (Å²) >= 11 is 0. The molecule has 0 aromatic carbocycles. The van der Waals surface area contributed by atoms with E-state index in [1.807, 2.05) is 27.7 Å². The van der Waals surface area contributed by atoms with Gasteiger partial charge in [-0.1, -0.05) is 37.9 Å². The van der Waals surface area contributed by atoms with Gasteiger partial charge < -0.3 is 10.8 Å². The molecule has 0 unspecified atom stereocenters. The largest absolute Gasteiger partial charge is 0.400 e. The number of rotatable bonds is 0. The highest BCUT2D eigenvalue weighted by Gasteiger charge is 1.27. The van der Waals surface area contributed by atoms with E-state index in [0.717, 1.165) is 7.11 Å². The van der Waals surface area contributed by atoms with Crippen LogP contribution in [0.1, 0.15) is 27.7 Å². The van der Waals surface area contributed by atoms with Crippen molar-refractivity contribution < 1.29 is 5.11 Å². The molecule has 0 aliphatic carbocycles. The third-order valence-electron chi connectivity index (χ3n) is 0.179. The predicted molar refractivity (Wildman–Crippen MR) is 71.1 cm³/mol.